The third-order valence-corrected chi connectivity index (χ3v) is 5.55. The lowest BCUT2D eigenvalue weighted by Gasteiger charge is -2.11. The zero-order valence-electron chi connectivity index (χ0n) is 13.4. The molecule has 0 spiro atoms. The van der Waals surface area contributed by atoms with Gasteiger partial charge in [0.15, 0.2) is 16.7 Å². The highest BCUT2D eigenvalue weighted by Crippen LogP contribution is 2.25. The number of amides is 1. The molecule has 0 aromatic carbocycles. The number of hydrogen-bond acceptors (Lipinski definition) is 6. The third-order valence-electron chi connectivity index (χ3n) is 3.48. The van der Waals surface area contributed by atoms with Crippen LogP contribution in [0.2, 0.25) is 0 Å². The maximum absolute atomic E-state index is 12.2. The minimum atomic E-state index is -0.249. The molecule has 3 rings (SSSR count). The molecule has 1 atom stereocenters. The van der Waals surface area contributed by atoms with Gasteiger partial charge in [-0.1, -0.05) is 17.8 Å². The minimum Gasteiger partial charge on any atom is -0.461 e. The number of carbonyl (C=O) groups excluding carboxylic acids is 1. The van der Waals surface area contributed by atoms with Gasteiger partial charge in [-0.2, -0.15) is 0 Å². The van der Waals surface area contributed by atoms with Gasteiger partial charge in [0.2, 0.25) is 5.91 Å². The van der Waals surface area contributed by atoms with Crippen LogP contribution in [0.25, 0.3) is 11.6 Å². The van der Waals surface area contributed by atoms with Gasteiger partial charge in [0.25, 0.3) is 0 Å². The highest BCUT2D eigenvalue weighted by Gasteiger charge is 2.19. The number of aromatic nitrogens is 3. The van der Waals surface area contributed by atoms with Gasteiger partial charge in [-0.05, 0) is 36.9 Å². The van der Waals surface area contributed by atoms with Crippen LogP contribution in [0.5, 0.6) is 0 Å². The van der Waals surface area contributed by atoms with Crippen molar-refractivity contribution in [2.24, 2.45) is 7.05 Å². The summed E-state index contributed by atoms with van der Waals surface area (Å²) in [6.45, 7) is 2.51. The molecule has 8 heteroatoms. The number of nitrogens with one attached hydrogen (secondary N) is 1. The summed E-state index contributed by atoms with van der Waals surface area (Å²) in [6, 6.07) is 7.73. The Morgan fingerprint density at radius 1 is 1.42 bits per heavy atom. The van der Waals surface area contributed by atoms with Crippen LogP contribution in [0, 0.1) is 0 Å². The summed E-state index contributed by atoms with van der Waals surface area (Å²) in [6.07, 6.45) is 2.45. The number of thioether (sulfide) groups is 1. The first-order chi connectivity index (χ1) is 11.6. The Morgan fingerprint density at radius 2 is 2.29 bits per heavy atom. The second-order valence-electron chi connectivity index (χ2n) is 5.22. The lowest BCUT2D eigenvalue weighted by atomic mass is 10.3. The van der Waals surface area contributed by atoms with E-state index in [1.165, 1.54) is 16.6 Å². The number of thiophene rings is 1. The molecule has 6 nitrogen and oxygen atoms in total. The molecule has 3 aromatic heterocycles. The minimum absolute atomic E-state index is 0.000829. The second kappa shape index (κ2) is 7.67. The summed E-state index contributed by atoms with van der Waals surface area (Å²) in [5.74, 6) is 1.30. The average molecular weight is 362 g/mol. The van der Waals surface area contributed by atoms with Gasteiger partial charge in [-0.15, -0.1) is 21.5 Å². The summed E-state index contributed by atoms with van der Waals surface area (Å²) in [5.41, 5.74) is 0. The van der Waals surface area contributed by atoms with E-state index in [0.717, 1.165) is 6.42 Å². The molecule has 0 saturated carbocycles. The van der Waals surface area contributed by atoms with Gasteiger partial charge in [0.1, 0.15) is 0 Å². The van der Waals surface area contributed by atoms with Crippen molar-refractivity contribution in [3.05, 3.63) is 40.8 Å². The number of rotatable bonds is 7. The van der Waals surface area contributed by atoms with Crippen molar-refractivity contribution >= 4 is 29.0 Å². The molecule has 1 amide bonds. The lowest BCUT2D eigenvalue weighted by molar-refractivity contribution is -0.120. The first-order valence-electron chi connectivity index (χ1n) is 7.55. The van der Waals surface area contributed by atoms with E-state index in [1.807, 2.05) is 36.1 Å². The maximum Gasteiger partial charge on any atom is 0.233 e. The van der Waals surface area contributed by atoms with E-state index in [1.54, 1.807) is 23.7 Å². The molecule has 3 aromatic rings. The maximum atomic E-state index is 12.2. The molecule has 0 bridgehead atoms. The number of nitrogens with zero attached hydrogens (tertiary/aromatic N) is 3. The molecule has 1 N–H and O–H groups in total. The number of carbonyl (C=O) groups is 1. The van der Waals surface area contributed by atoms with E-state index in [2.05, 4.69) is 21.6 Å². The van der Waals surface area contributed by atoms with Gasteiger partial charge in [-0.3, -0.25) is 4.79 Å². The van der Waals surface area contributed by atoms with Gasteiger partial charge in [-0.25, -0.2) is 0 Å². The Balaban J connectivity index is 1.54. The molecule has 126 valence electrons. The van der Waals surface area contributed by atoms with E-state index in [0.29, 0.717) is 23.3 Å². The Morgan fingerprint density at radius 3 is 3.00 bits per heavy atom. The van der Waals surface area contributed by atoms with Crippen LogP contribution in [0.3, 0.4) is 0 Å². The van der Waals surface area contributed by atoms with E-state index in [9.17, 15) is 4.79 Å². The molecule has 0 saturated heterocycles. The topological polar surface area (TPSA) is 73.0 Å². The average Bonchev–Trinajstić information content (AvgIpc) is 3.30. The lowest BCUT2D eigenvalue weighted by Crippen LogP contribution is -2.32. The predicted octanol–water partition coefficient (Wildman–Crippen LogP) is 2.98. The molecule has 0 aliphatic carbocycles. The molecule has 3 heterocycles. The molecule has 0 fully saturated rings. The monoisotopic (exact) mass is 362 g/mol. The van der Waals surface area contributed by atoms with Crippen molar-refractivity contribution < 1.29 is 9.21 Å². The fraction of sp³-hybridized carbons (Fsp3) is 0.312. The van der Waals surface area contributed by atoms with Gasteiger partial charge >= 0.3 is 0 Å². The van der Waals surface area contributed by atoms with E-state index >= 15 is 0 Å². The Labute approximate surface area is 148 Å². The van der Waals surface area contributed by atoms with Crippen molar-refractivity contribution in [2.75, 3.05) is 6.54 Å². The first-order valence-corrected chi connectivity index (χ1v) is 9.31. The second-order valence-corrected chi connectivity index (χ2v) is 7.56. The molecule has 0 radical (unpaired) electrons. The van der Waals surface area contributed by atoms with Crippen LogP contribution in [-0.2, 0) is 18.3 Å². The van der Waals surface area contributed by atoms with Crippen LogP contribution >= 0.6 is 23.1 Å². The number of hydrogen-bond donors (Lipinski definition) is 1. The fourth-order valence-electron chi connectivity index (χ4n) is 2.16. The Bertz CT molecular complexity index is 781. The zero-order chi connectivity index (χ0) is 16.9. The normalized spacial score (nSPS) is 12.2. The van der Waals surface area contributed by atoms with Crippen LogP contribution < -0.4 is 5.32 Å². The Hall–Kier alpha value is -2.06. The van der Waals surface area contributed by atoms with Crippen molar-refractivity contribution in [3.8, 4) is 11.6 Å². The number of furan rings is 1. The van der Waals surface area contributed by atoms with Crippen LogP contribution in [0.1, 0.15) is 11.8 Å². The molecule has 0 aliphatic rings. The van der Waals surface area contributed by atoms with Crippen molar-refractivity contribution in [3.63, 3.8) is 0 Å². The van der Waals surface area contributed by atoms with Crippen molar-refractivity contribution in [1.29, 1.82) is 0 Å². The molecule has 24 heavy (non-hydrogen) atoms. The van der Waals surface area contributed by atoms with Crippen molar-refractivity contribution in [2.45, 2.75) is 23.8 Å². The van der Waals surface area contributed by atoms with E-state index in [-0.39, 0.29) is 11.2 Å². The quantitative estimate of drug-likeness (QED) is 0.654. The fourth-order valence-corrected chi connectivity index (χ4v) is 3.71. The van der Waals surface area contributed by atoms with Crippen molar-refractivity contribution in [1.82, 2.24) is 20.1 Å². The molecular weight excluding hydrogens is 344 g/mol. The summed E-state index contributed by atoms with van der Waals surface area (Å²) < 4.78 is 7.18. The standard InChI is InChI=1S/C16H18N4O2S2/c1-11(15(21)17-8-7-12-5-4-10-23-12)24-16-19-18-14(20(16)2)13-6-3-9-22-13/h3-6,9-11H,7-8H2,1-2H3,(H,17,21). The zero-order valence-corrected chi connectivity index (χ0v) is 15.1. The van der Waals surface area contributed by atoms with E-state index in [4.69, 9.17) is 4.42 Å². The summed E-state index contributed by atoms with van der Waals surface area (Å²) in [7, 11) is 1.86. The molecular formula is C16H18N4O2S2. The van der Waals surface area contributed by atoms with Crippen LogP contribution in [0.15, 0.2) is 45.5 Å². The van der Waals surface area contributed by atoms with Gasteiger partial charge in [0, 0.05) is 18.5 Å². The highest BCUT2D eigenvalue weighted by molar-refractivity contribution is 8.00. The van der Waals surface area contributed by atoms with E-state index < -0.39 is 0 Å². The summed E-state index contributed by atoms with van der Waals surface area (Å²) in [4.78, 5) is 13.5. The summed E-state index contributed by atoms with van der Waals surface area (Å²) >= 11 is 3.08. The highest BCUT2D eigenvalue weighted by atomic mass is 32.2. The Kier molecular flexibility index (Phi) is 5.37. The molecule has 0 aliphatic heterocycles. The predicted molar refractivity (Wildman–Crippen MR) is 95.1 cm³/mol. The summed E-state index contributed by atoms with van der Waals surface area (Å²) in [5, 5.41) is 13.7. The first kappa shape index (κ1) is 16.8. The smallest absolute Gasteiger partial charge is 0.233 e. The van der Waals surface area contributed by atoms with Crippen LogP contribution in [0.4, 0.5) is 0 Å². The largest absolute Gasteiger partial charge is 0.461 e. The van der Waals surface area contributed by atoms with Gasteiger partial charge in [0.05, 0.1) is 11.5 Å². The van der Waals surface area contributed by atoms with Crippen LogP contribution in [-0.4, -0.2) is 32.5 Å². The molecule has 1 unspecified atom stereocenters. The SMILES string of the molecule is CC(Sc1nnc(-c2ccco2)n1C)C(=O)NCCc1cccs1. The van der Waals surface area contributed by atoms with Gasteiger partial charge < -0.3 is 14.3 Å². The third kappa shape index (κ3) is 3.88.